The Morgan fingerprint density at radius 3 is 2.77 bits per heavy atom. The molecule has 202 valence electrons. The number of para-hydroxylation sites is 1. The zero-order valence-electron chi connectivity index (χ0n) is 21.5. The Kier molecular flexibility index (Phi) is 7.39. The number of rotatable bonds is 6. The van der Waals surface area contributed by atoms with Gasteiger partial charge in [-0.3, -0.25) is 9.59 Å². The second-order valence-electron chi connectivity index (χ2n) is 9.74. The Balaban J connectivity index is 1.54. The number of terminal acetylenes is 1. The van der Waals surface area contributed by atoms with Crippen LogP contribution in [0.15, 0.2) is 42.5 Å². The van der Waals surface area contributed by atoms with E-state index in [4.69, 9.17) is 12.2 Å². The number of nitrogens with zero attached hydrogens (tertiary/aromatic N) is 4. The van der Waals surface area contributed by atoms with E-state index in [9.17, 15) is 18.8 Å². The molecule has 39 heavy (non-hydrogen) atoms. The van der Waals surface area contributed by atoms with Crippen molar-refractivity contribution < 1.29 is 18.8 Å². The van der Waals surface area contributed by atoms with Crippen LogP contribution in [0.2, 0.25) is 0 Å². The van der Waals surface area contributed by atoms with Crippen LogP contribution in [0.4, 0.5) is 14.3 Å². The number of thiazole rings is 1. The summed E-state index contributed by atoms with van der Waals surface area (Å²) in [6.07, 6.45) is 6.44. The van der Waals surface area contributed by atoms with Gasteiger partial charge in [-0.1, -0.05) is 41.5 Å². The van der Waals surface area contributed by atoms with Crippen molar-refractivity contribution in [2.24, 2.45) is 0 Å². The van der Waals surface area contributed by atoms with Gasteiger partial charge in [-0.05, 0) is 35.7 Å². The molecule has 3 aromatic rings. The predicted octanol–water partition coefficient (Wildman–Crippen LogP) is 2.61. The van der Waals surface area contributed by atoms with E-state index in [0.29, 0.717) is 11.6 Å². The van der Waals surface area contributed by atoms with Gasteiger partial charge in [-0.15, -0.1) is 6.42 Å². The highest BCUT2D eigenvalue weighted by atomic mass is 32.1. The number of benzene rings is 2. The van der Waals surface area contributed by atoms with Crippen LogP contribution < -0.4 is 11.1 Å². The molecule has 0 saturated carbocycles. The Hall–Kier alpha value is -4.17. The van der Waals surface area contributed by atoms with E-state index in [2.05, 4.69) is 16.2 Å². The molecule has 2 saturated heterocycles. The summed E-state index contributed by atoms with van der Waals surface area (Å²) in [5, 5.41) is 3.09. The van der Waals surface area contributed by atoms with Gasteiger partial charge in [0.15, 0.2) is 5.13 Å². The predicted molar refractivity (Wildman–Crippen MR) is 147 cm³/mol. The first-order valence-electron chi connectivity index (χ1n) is 12.7. The number of fused-ring (bicyclic) bond motifs is 2. The highest BCUT2D eigenvalue weighted by Gasteiger charge is 2.50. The van der Waals surface area contributed by atoms with Crippen molar-refractivity contribution in [1.82, 2.24) is 25.0 Å². The average molecular weight is 549 g/mol. The molecule has 2 fully saturated rings. The van der Waals surface area contributed by atoms with Gasteiger partial charge in [0.2, 0.25) is 11.8 Å². The molecule has 3 heterocycles. The minimum Gasteiger partial charge on any atom is -0.375 e. The van der Waals surface area contributed by atoms with Crippen LogP contribution in [0.5, 0.6) is 0 Å². The van der Waals surface area contributed by atoms with Gasteiger partial charge in [0.25, 0.3) is 0 Å². The van der Waals surface area contributed by atoms with Crippen molar-refractivity contribution in [2.75, 3.05) is 25.9 Å². The molecule has 0 radical (unpaired) electrons. The molecule has 3 atom stereocenters. The lowest BCUT2D eigenvalue weighted by Crippen LogP contribution is -2.71. The van der Waals surface area contributed by atoms with Crippen LogP contribution in [-0.2, 0) is 22.6 Å². The fraction of sp³-hybridized carbons (Fsp3) is 0.357. The lowest BCUT2D eigenvalue weighted by Gasteiger charge is -2.53. The number of anilines is 1. The summed E-state index contributed by atoms with van der Waals surface area (Å²) >= 11 is 1.38. The molecule has 9 nitrogen and oxygen atoms in total. The van der Waals surface area contributed by atoms with Gasteiger partial charge in [-0.25, -0.2) is 14.2 Å². The Morgan fingerprint density at radius 1 is 1.28 bits per heavy atom. The maximum Gasteiger partial charge on any atom is 0.318 e. The number of hydrogen-bond acceptors (Lipinski definition) is 6. The summed E-state index contributed by atoms with van der Waals surface area (Å²) in [4.78, 5) is 49.6. The van der Waals surface area contributed by atoms with Crippen molar-refractivity contribution in [3.8, 4) is 12.3 Å². The van der Waals surface area contributed by atoms with Gasteiger partial charge < -0.3 is 25.8 Å². The number of nitrogen functional groups attached to an aromatic ring is 1. The lowest BCUT2D eigenvalue weighted by atomic mass is 9.87. The van der Waals surface area contributed by atoms with Crippen LogP contribution in [0.25, 0.3) is 10.2 Å². The average Bonchev–Trinajstić information content (AvgIpc) is 3.32. The molecule has 1 aromatic heterocycles. The zero-order valence-corrected chi connectivity index (χ0v) is 22.3. The number of hydrogen-bond donors (Lipinski definition) is 2. The molecule has 0 aliphatic carbocycles. The number of halogens is 1. The summed E-state index contributed by atoms with van der Waals surface area (Å²) in [7, 11) is 1.53. The maximum atomic E-state index is 14.0. The van der Waals surface area contributed by atoms with Gasteiger partial charge >= 0.3 is 6.03 Å². The fourth-order valence-corrected chi connectivity index (χ4v) is 6.48. The molecule has 11 heteroatoms. The van der Waals surface area contributed by atoms with E-state index in [0.717, 1.165) is 21.3 Å². The molecular formula is C28H29FN6O3S. The third-order valence-corrected chi connectivity index (χ3v) is 8.29. The van der Waals surface area contributed by atoms with Gasteiger partial charge in [0.1, 0.15) is 11.9 Å². The number of piperazine rings is 1. The van der Waals surface area contributed by atoms with Crippen molar-refractivity contribution in [1.29, 1.82) is 0 Å². The maximum absolute atomic E-state index is 14.0. The van der Waals surface area contributed by atoms with Crippen molar-refractivity contribution in [3.05, 3.63) is 59.4 Å². The van der Waals surface area contributed by atoms with Crippen molar-refractivity contribution >= 4 is 44.5 Å². The molecule has 0 bridgehead atoms. The van der Waals surface area contributed by atoms with Gasteiger partial charge in [0.05, 0.1) is 28.8 Å². The Morgan fingerprint density at radius 2 is 2.05 bits per heavy atom. The highest BCUT2D eigenvalue weighted by molar-refractivity contribution is 7.22. The number of nitrogens with one attached hydrogen (secondary N) is 1. The van der Waals surface area contributed by atoms with Crippen LogP contribution in [0, 0.1) is 18.2 Å². The molecule has 5 rings (SSSR count). The zero-order chi connectivity index (χ0) is 27.7. The topological polar surface area (TPSA) is 112 Å². The van der Waals surface area contributed by atoms with E-state index >= 15 is 0 Å². The molecule has 2 aliphatic heterocycles. The standard InChI is InChI=1S/C28H29FN6O3S/c1-3-13-34(28(38)31-2)20-11-12-24(36)35-21(14-17-7-9-19(29)10-8-17)26(37)33(16-22(20)35)15-18-5-4-6-23-25(18)32-27(30)39-23/h1,4-10,20-22H,11-16H2,2H3,(H2,30,32)(H,31,38)/t20?,21?,22-/m1/s1. The smallest absolute Gasteiger partial charge is 0.318 e. The normalized spacial score (nSPS) is 21.0. The fourth-order valence-electron chi connectivity index (χ4n) is 5.70. The summed E-state index contributed by atoms with van der Waals surface area (Å²) in [5.74, 6) is 1.81. The van der Waals surface area contributed by atoms with Crippen LogP contribution in [0.1, 0.15) is 24.0 Å². The minimum absolute atomic E-state index is 0.0663. The quantitative estimate of drug-likeness (QED) is 0.460. The van der Waals surface area contributed by atoms with Crippen LogP contribution >= 0.6 is 11.3 Å². The third-order valence-electron chi connectivity index (χ3n) is 7.44. The van der Waals surface area contributed by atoms with Crippen molar-refractivity contribution in [2.45, 2.75) is 43.9 Å². The largest absolute Gasteiger partial charge is 0.375 e. The summed E-state index contributed by atoms with van der Waals surface area (Å²) < 4.78 is 14.5. The van der Waals surface area contributed by atoms with E-state index in [-0.39, 0.29) is 56.1 Å². The Labute approximate surface area is 229 Å². The van der Waals surface area contributed by atoms with E-state index in [1.807, 2.05) is 18.2 Å². The SMILES string of the molecule is C#CCN(C(=O)NC)C1CCC(=O)N2C(Cc3ccc(F)cc3)C(=O)N(Cc3cccc4sc(N)nc34)C[C@H]12. The molecular weight excluding hydrogens is 519 g/mol. The molecule has 0 spiro atoms. The number of aromatic nitrogens is 1. The first kappa shape index (κ1) is 26.4. The number of amides is 4. The molecule has 3 N–H and O–H groups in total. The van der Waals surface area contributed by atoms with E-state index in [1.165, 1.54) is 30.5 Å². The lowest BCUT2D eigenvalue weighted by molar-refractivity contribution is -0.162. The number of nitrogens with two attached hydrogens (primary N) is 1. The summed E-state index contributed by atoms with van der Waals surface area (Å²) in [6, 6.07) is 9.64. The molecule has 2 aliphatic rings. The minimum atomic E-state index is -0.818. The molecule has 2 unspecified atom stereocenters. The van der Waals surface area contributed by atoms with Crippen molar-refractivity contribution in [3.63, 3.8) is 0 Å². The monoisotopic (exact) mass is 548 g/mol. The summed E-state index contributed by atoms with van der Waals surface area (Å²) in [5.41, 5.74) is 8.27. The van der Waals surface area contributed by atoms with E-state index < -0.39 is 18.1 Å². The third kappa shape index (κ3) is 5.12. The van der Waals surface area contributed by atoms with Gasteiger partial charge in [0, 0.05) is 33.0 Å². The summed E-state index contributed by atoms with van der Waals surface area (Å²) in [6.45, 7) is 0.555. The molecule has 4 amide bonds. The number of carbonyl (C=O) groups excluding carboxylic acids is 3. The van der Waals surface area contributed by atoms with Crippen LogP contribution in [-0.4, -0.2) is 75.8 Å². The van der Waals surface area contributed by atoms with Gasteiger partial charge in [-0.2, -0.15) is 0 Å². The number of carbonyl (C=O) groups is 3. The first-order chi connectivity index (χ1) is 18.8. The second kappa shape index (κ2) is 10.9. The number of urea groups is 1. The van der Waals surface area contributed by atoms with Crippen LogP contribution in [0.3, 0.4) is 0 Å². The van der Waals surface area contributed by atoms with E-state index in [1.54, 1.807) is 26.8 Å². The number of piperidine rings is 1. The Bertz CT molecular complexity index is 1450. The first-order valence-corrected chi connectivity index (χ1v) is 13.5. The molecule has 2 aromatic carbocycles. The highest BCUT2D eigenvalue weighted by Crippen LogP contribution is 2.34. The second-order valence-corrected chi connectivity index (χ2v) is 10.8.